The number of hydrogen-bond acceptors (Lipinski definition) is 1. The summed E-state index contributed by atoms with van der Waals surface area (Å²) < 4.78 is 0. The fourth-order valence-corrected chi connectivity index (χ4v) is 1.31. The van der Waals surface area contributed by atoms with E-state index in [-0.39, 0.29) is 5.91 Å². The maximum Gasteiger partial charge on any atom is 0.216 e. The maximum atomic E-state index is 10.8. The number of amides is 1. The Labute approximate surface area is 91.1 Å². The van der Waals surface area contributed by atoms with E-state index >= 15 is 0 Å². The number of carbonyl (C=O) groups is 1. The molecule has 0 saturated heterocycles. The summed E-state index contributed by atoms with van der Waals surface area (Å²) in [6.07, 6.45) is 17.2. The first-order valence-electron chi connectivity index (χ1n) is 5.20. The second kappa shape index (κ2) is 6.82. The Morgan fingerprint density at radius 3 is 2.60 bits per heavy atom. The smallest absolute Gasteiger partial charge is 0.216 e. The normalized spacial score (nSPS) is 28.7. The van der Waals surface area contributed by atoms with Gasteiger partial charge in [-0.1, -0.05) is 48.6 Å². The van der Waals surface area contributed by atoms with Gasteiger partial charge in [-0.05, 0) is 12.3 Å². The van der Waals surface area contributed by atoms with E-state index in [1.54, 1.807) is 6.92 Å². The van der Waals surface area contributed by atoms with E-state index in [9.17, 15) is 4.79 Å². The van der Waals surface area contributed by atoms with Crippen molar-refractivity contribution in [2.75, 3.05) is 6.54 Å². The van der Waals surface area contributed by atoms with E-state index in [1.165, 1.54) is 0 Å². The molecule has 80 valence electrons. The van der Waals surface area contributed by atoms with Gasteiger partial charge in [0.05, 0.1) is 0 Å². The Bertz CT molecular complexity index is 310. The van der Waals surface area contributed by atoms with Crippen LogP contribution in [0.4, 0.5) is 0 Å². The average Bonchev–Trinajstić information content (AvgIpc) is 2.23. The summed E-state index contributed by atoms with van der Waals surface area (Å²) in [5.74, 6) is 0.404. The molecule has 1 atom stereocenters. The van der Waals surface area contributed by atoms with Gasteiger partial charge in [0.15, 0.2) is 0 Å². The minimum atomic E-state index is 0.0277. The second-order valence-corrected chi connectivity index (χ2v) is 3.52. The third-order valence-electron chi connectivity index (χ3n) is 2.13. The van der Waals surface area contributed by atoms with Crippen LogP contribution in [0.2, 0.25) is 0 Å². The molecule has 15 heavy (non-hydrogen) atoms. The van der Waals surface area contributed by atoms with Crippen molar-refractivity contribution in [2.45, 2.75) is 13.3 Å². The molecule has 0 aromatic carbocycles. The van der Waals surface area contributed by atoms with Crippen molar-refractivity contribution >= 4 is 5.91 Å². The molecule has 2 nitrogen and oxygen atoms in total. The fraction of sp³-hybridized carbons (Fsp3) is 0.308. The van der Waals surface area contributed by atoms with Crippen molar-refractivity contribution in [1.82, 2.24) is 5.32 Å². The Hall–Kier alpha value is -1.57. The van der Waals surface area contributed by atoms with Gasteiger partial charge in [0.25, 0.3) is 0 Å². The molecule has 2 heteroatoms. The van der Waals surface area contributed by atoms with Crippen molar-refractivity contribution in [3.05, 3.63) is 48.6 Å². The second-order valence-electron chi connectivity index (χ2n) is 3.52. The lowest BCUT2D eigenvalue weighted by molar-refractivity contribution is -0.119. The van der Waals surface area contributed by atoms with Crippen molar-refractivity contribution in [1.29, 1.82) is 0 Å². The average molecular weight is 203 g/mol. The van der Waals surface area contributed by atoms with E-state index in [0.717, 1.165) is 6.42 Å². The molecule has 0 bridgehead atoms. The summed E-state index contributed by atoms with van der Waals surface area (Å²) in [7, 11) is 0. The molecule has 1 aliphatic rings. The fourth-order valence-electron chi connectivity index (χ4n) is 1.31. The molecule has 1 amide bonds. The van der Waals surface area contributed by atoms with Crippen LogP contribution in [0.25, 0.3) is 0 Å². The van der Waals surface area contributed by atoms with Crippen molar-refractivity contribution in [2.24, 2.45) is 5.92 Å². The Morgan fingerprint density at radius 2 is 1.87 bits per heavy atom. The minimum Gasteiger partial charge on any atom is -0.356 e. The highest BCUT2D eigenvalue weighted by Crippen LogP contribution is 2.06. The molecule has 0 fully saturated rings. The number of hydrogen-bond donors (Lipinski definition) is 1. The highest BCUT2D eigenvalue weighted by atomic mass is 16.1. The number of rotatable bonds is 2. The number of carbonyl (C=O) groups excluding carboxylic acids is 1. The highest BCUT2D eigenvalue weighted by molar-refractivity contribution is 5.72. The third kappa shape index (κ3) is 5.68. The van der Waals surface area contributed by atoms with Gasteiger partial charge in [0.1, 0.15) is 0 Å². The monoisotopic (exact) mass is 203 g/mol. The Kier molecular flexibility index (Phi) is 5.23. The maximum absolute atomic E-state index is 10.8. The van der Waals surface area contributed by atoms with E-state index in [4.69, 9.17) is 0 Å². The largest absolute Gasteiger partial charge is 0.356 e. The van der Waals surface area contributed by atoms with E-state index in [0.29, 0.717) is 12.5 Å². The Balaban J connectivity index is 2.51. The lowest BCUT2D eigenvalue weighted by Gasteiger charge is -2.10. The van der Waals surface area contributed by atoms with Crippen molar-refractivity contribution in [3.8, 4) is 0 Å². The summed E-state index contributed by atoms with van der Waals surface area (Å²) in [5, 5.41) is 2.83. The molecule has 0 aromatic rings. The zero-order valence-corrected chi connectivity index (χ0v) is 9.02. The van der Waals surface area contributed by atoms with Crippen LogP contribution >= 0.6 is 0 Å². The van der Waals surface area contributed by atoms with Gasteiger partial charge >= 0.3 is 0 Å². The molecule has 1 N–H and O–H groups in total. The first kappa shape index (κ1) is 11.5. The van der Waals surface area contributed by atoms with E-state index < -0.39 is 0 Å². The molecule has 0 spiro atoms. The predicted molar refractivity (Wildman–Crippen MR) is 63.4 cm³/mol. The standard InChI is InChI=1S/C13H17NO/c1-12(15)14-11-13-9-7-5-3-2-4-6-8-10-13/h2-9,13H,10-11H2,1H3,(H,14,15)/b4-2-,5-3-,8-6+,9-7+. The van der Waals surface area contributed by atoms with Crippen molar-refractivity contribution < 1.29 is 4.79 Å². The van der Waals surface area contributed by atoms with Crippen LogP contribution < -0.4 is 5.32 Å². The van der Waals surface area contributed by atoms with Gasteiger partial charge in [-0.15, -0.1) is 0 Å². The lowest BCUT2D eigenvalue weighted by Crippen LogP contribution is -2.25. The molecule has 1 aliphatic carbocycles. The van der Waals surface area contributed by atoms with Crippen LogP contribution in [0.3, 0.4) is 0 Å². The quantitative estimate of drug-likeness (QED) is 0.733. The van der Waals surface area contributed by atoms with Gasteiger partial charge in [0.2, 0.25) is 5.91 Å². The van der Waals surface area contributed by atoms with Gasteiger partial charge in [-0.2, -0.15) is 0 Å². The number of allylic oxidation sites excluding steroid dienone is 7. The molecule has 1 rings (SSSR count). The summed E-state index contributed by atoms with van der Waals surface area (Å²) in [5.41, 5.74) is 0. The van der Waals surface area contributed by atoms with E-state index in [2.05, 4.69) is 17.5 Å². The first-order valence-corrected chi connectivity index (χ1v) is 5.20. The predicted octanol–water partition coefficient (Wildman–Crippen LogP) is 2.37. The highest BCUT2D eigenvalue weighted by Gasteiger charge is 2.02. The summed E-state index contributed by atoms with van der Waals surface area (Å²) in [4.78, 5) is 10.8. The molecular formula is C13H17NO. The topological polar surface area (TPSA) is 29.1 Å². The SMILES string of the molecule is CC(=O)NCC1/C=C/C=C\C=C/C=C/C1. The number of nitrogens with one attached hydrogen (secondary N) is 1. The lowest BCUT2D eigenvalue weighted by atomic mass is 10.0. The molecular weight excluding hydrogens is 186 g/mol. The van der Waals surface area contributed by atoms with Crippen LogP contribution in [-0.4, -0.2) is 12.5 Å². The van der Waals surface area contributed by atoms with Gasteiger partial charge in [-0.25, -0.2) is 0 Å². The molecule has 0 aliphatic heterocycles. The summed E-state index contributed by atoms with van der Waals surface area (Å²) >= 11 is 0. The zero-order valence-electron chi connectivity index (χ0n) is 9.02. The van der Waals surface area contributed by atoms with Gasteiger partial charge < -0.3 is 5.32 Å². The molecule has 1 unspecified atom stereocenters. The van der Waals surface area contributed by atoms with Crippen LogP contribution in [0.5, 0.6) is 0 Å². The van der Waals surface area contributed by atoms with Gasteiger partial charge in [-0.3, -0.25) is 4.79 Å². The molecule has 0 saturated carbocycles. The van der Waals surface area contributed by atoms with Crippen molar-refractivity contribution in [3.63, 3.8) is 0 Å². The Morgan fingerprint density at radius 1 is 1.20 bits per heavy atom. The van der Waals surface area contributed by atoms with Crippen LogP contribution in [-0.2, 0) is 4.79 Å². The van der Waals surface area contributed by atoms with Crippen LogP contribution in [0, 0.1) is 5.92 Å². The molecule has 0 heterocycles. The summed E-state index contributed by atoms with van der Waals surface area (Å²) in [6, 6.07) is 0. The molecule has 0 radical (unpaired) electrons. The van der Waals surface area contributed by atoms with E-state index in [1.807, 2.05) is 36.5 Å². The van der Waals surface area contributed by atoms with Crippen LogP contribution in [0.15, 0.2) is 48.6 Å². The minimum absolute atomic E-state index is 0.0277. The first-order chi connectivity index (χ1) is 7.29. The summed E-state index contributed by atoms with van der Waals surface area (Å²) in [6.45, 7) is 2.25. The molecule has 0 aromatic heterocycles. The zero-order chi connectivity index (χ0) is 10.9. The van der Waals surface area contributed by atoms with Gasteiger partial charge in [0, 0.05) is 13.5 Å². The third-order valence-corrected chi connectivity index (χ3v) is 2.13. The van der Waals surface area contributed by atoms with Crippen LogP contribution in [0.1, 0.15) is 13.3 Å².